The molecule has 0 aromatic carbocycles. The van der Waals surface area contributed by atoms with E-state index >= 15 is 0 Å². The maximum atomic E-state index is 11.8. The van der Waals surface area contributed by atoms with E-state index in [4.69, 9.17) is 11.6 Å². The SMILES string of the molecule is CC(C)C(CCl)NC(=O)CC1CCCCC1. The number of halogens is 1. The Morgan fingerprint density at radius 3 is 2.44 bits per heavy atom. The lowest BCUT2D eigenvalue weighted by molar-refractivity contribution is -0.123. The van der Waals surface area contributed by atoms with Crippen molar-refractivity contribution >= 4 is 17.5 Å². The second-order valence-electron chi connectivity index (χ2n) is 5.28. The molecule has 0 radical (unpaired) electrons. The van der Waals surface area contributed by atoms with Crippen LogP contribution in [0.3, 0.4) is 0 Å². The Morgan fingerprint density at radius 1 is 1.31 bits per heavy atom. The molecule has 1 saturated carbocycles. The van der Waals surface area contributed by atoms with Gasteiger partial charge in [-0.25, -0.2) is 0 Å². The molecule has 1 amide bonds. The molecule has 1 aliphatic rings. The molecule has 0 saturated heterocycles. The molecule has 94 valence electrons. The van der Waals surface area contributed by atoms with Gasteiger partial charge >= 0.3 is 0 Å². The van der Waals surface area contributed by atoms with E-state index in [2.05, 4.69) is 19.2 Å². The van der Waals surface area contributed by atoms with Crippen molar-refractivity contribution in [1.82, 2.24) is 5.32 Å². The minimum Gasteiger partial charge on any atom is -0.352 e. The first-order chi connectivity index (χ1) is 7.63. The van der Waals surface area contributed by atoms with Gasteiger partial charge in [0.05, 0.1) is 0 Å². The van der Waals surface area contributed by atoms with Crippen LogP contribution in [-0.4, -0.2) is 17.8 Å². The molecule has 0 spiro atoms. The molecule has 1 unspecified atom stereocenters. The van der Waals surface area contributed by atoms with Gasteiger partial charge in [-0.2, -0.15) is 0 Å². The van der Waals surface area contributed by atoms with Gasteiger partial charge in [0.1, 0.15) is 0 Å². The van der Waals surface area contributed by atoms with Crippen LogP contribution in [-0.2, 0) is 4.79 Å². The molecule has 0 aromatic heterocycles. The summed E-state index contributed by atoms with van der Waals surface area (Å²) in [4.78, 5) is 11.8. The first kappa shape index (κ1) is 13.8. The van der Waals surface area contributed by atoms with E-state index in [9.17, 15) is 4.79 Å². The van der Waals surface area contributed by atoms with Crippen LogP contribution in [0.4, 0.5) is 0 Å². The summed E-state index contributed by atoms with van der Waals surface area (Å²) < 4.78 is 0. The number of carbonyl (C=O) groups is 1. The molecule has 1 aliphatic carbocycles. The minimum absolute atomic E-state index is 0.123. The summed E-state index contributed by atoms with van der Waals surface area (Å²) in [6.45, 7) is 4.18. The minimum atomic E-state index is 0.123. The van der Waals surface area contributed by atoms with Gasteiger partial charge in [-0.05, 0) is 24.7 Å². The van der Waals surface area contributed by atoms with Gasteiger partial charge in [-0.3, -0.25) is 4.79 Å². The van der Waals surface area contributed by atoms with E-state index in [0.29, 0.717) is 24.1 Å². The summed E-state index contributed by atoms with van der Waals surface area (Å²) in [5.41, 5.74) is 0. The second kappa shape index (κ2) is 7.16. The van der Waals surface area contributed by atoms with E-state index < -0.39 is 0 Å². The summed E-state index contributed by atoms with van der Waals surface area (Å²) in [6, 6.07) is 0.123. The fraction of sp³-hybridized carbons (Fsp3) is 0.923. The zero-order valence-electron chi connectivity index (χ0n) is 10.5. The number of amides is 1. The maximum Gasteiger partial charge on any atom is 0.220 e. The van der Waals surface area contributed by atoms with Gasteiger partial charge < -0.3 is 5.32 Å². The Labute approximate surface area is 104 Å². The number of rotatable bonds is 5. The summed E-state index contributed by atoms with van der Waals surface area (Å²) in [7, 11) is 0. The summed E-state index contributed by atoms with van der Waals surface area (Å²) in [5.74, 6) is 1.71. The van der Waals surface area contributed by atoms with E-state index in [1.165, 1.54) is 32.1 Å². The molecule has 1 fully saturated rings. The van der Waals surface area contributed by atoms with Gasteiger partial charge in [0, 0.05) is 18.3 Å². The van der Waals surface area contributed by atoms with Crippen LogP contribution in [0.1, 0.15) is 52.4 Å². The van der Waals surface area contributed by atoms with Crippen molar-refractivity contribution in [2.75, 3.05) is 5.88 Å². The van der Waals surface area contributed by atoms with Crippen LogP contribution in [0.25, 0.3) is 0 Å². The van der Waals surface area contributed by atoms with Crippen molar-refractivity contribution in [2.45, 2.75) is 58.4 Å². The molecule has 1 rings (SSSR count). The van der Waals surface area contributed by atoms with Crippen molar-refractivity contribution in [3.8, 4) is 0 Å². The monoisotopic (exact) mass is 245 g/mol. The van der Waals surface area contributed by atoms with Crippen LogP contribution >= 0.6 is 11.6 Å². The largest absolute Gasteiger partial charge is 0.352 e. The quantitative estimate of drug-likeness (QED) is 0.740. The summed E-state index contributed by atoms with van der Waals surface area (Å²) >= 11 is 5.83. The zero-order valence-corrected chi connectivity index (χ0v) is 11.2. The van der Waals surface area contributed by atoms with Crippen molar-refractivity contribution in [1.29, 1.82) is 0 Å². The van der Waals surface area contributed by atoms with Gasteiger partial charge in [0.15, 0.2) is 0 Å². The first-order valence-corrected chi connectivity index (χ1v) is 7.02. The number of nitrogens with one attached hydrogen (secondary N) is 1. The van der Waals surface area contributed by atoms with E-state index in [1.54, 1.807) is 0 Å². The van der Waals surface area contributed by atoms with E-state index in [1.807, 2.05) is 0 Å². The Bertz CT molecular complexity index is 212. The number of hydrogen-bond donors (Lipinski definition) is 1. The molecule has 1 N–H and O–H groups in total. The molecule has 2 nitrogen and oxygen atoms in total. The third-order valence-electron chi connectivity index (χ3n) is 3.52. The van der Waals surface area contributed by atoms with Crippen LogP contribution in [0.5, 0.6) is 0 Å². The van der Waals surface area contributed by atoms with Crippen molar-refractivity contribution < 1.29 is 4.79 Å². The Morgan fingerprint density at radius 2 is 1.94 bits per heavy atom. The summed E-state index contributed by atoms with van der Waals surface area (Å²) in [5, 5.41) is 3.04. The Hall–Kier alpha value is -0.240. The average Bonchev–Trinajstić information content (AvgIpc) is 2.27. The maximum absolute atomic E-state index is 11.8. The molecular weight excluding hydrogens is 222 g/mol. The third-order valence-corrected chi connectivity index (χ3v) is 3.85. The number of hydrogen-bond acceptors (Lipinski definition) is 1. The highest BCUT2D eigenvalue weighted by molar-refractivity contribution is 6.18. The number of alkyl halides is 1. The summed E-state index contributed by atoms with van der Waals surface area (Å²) in [6.07, 6.45) is 7.07. The molecule has 0 bridgehead atoms. The lowest BCUT2D eigenvalue weighted by atomic mass is 9.86. The highest BCUT2D eigenvalue weighted by Gasteiger charge is 2.20. The average molecular weight is 246 g/mol. The smallest absolute Gasteiger partial charge is 0.220 e. The van der Waals surface area contributed by atoms with Crippen LogP contribution < -0.4 is 5.32 Å². The topological polar surface area (TPSA) is 29.1 Å². The molecule has 0 aromatic rings. The van der Waals surface area contributed by atoms with Crippen molar-refractivity contribution in [2.24, 2.45) is 11.8 Å². The van der Waals surface area contributed by atoms with Crippen LogP contribution in [0.2, 0.25) is 0 Å². The van der Waals surface area contributed by atoms with E-state index in [0.717, 1.165) is 0 Å². The van der Waals surface area contributed by atoms with E-state index in [-0.39, 0.29) is 11.9 Å². The lowest BCUT2D eigenvalue weighted by Gasteiger charge is -2.24. The zero-order chi connectivity index (χ0) is 12.0. The van der Waals surface area contributed by atoms with Crippen molar-refractivity contribution in [3.63, 3.8) is 0 Å². The van der Waals surface area contributed by atoms with Crippen LogP contribution in [0.15, 0.2) is 0 Å². The highest BCUT2D eigenvalue weighted by Crippen LogP contribution is 2.26. The fourth-order valence-corrected chi connectivity index (χ4v) is 2.74. The molecule has 3 heteroatoms. The first-order valence-electron chi connectivity index (χ1n) is 6.48. The molecule has 16 heavy (non-hydrogen) atoms. The third kappa shape index (κ3) is 4.73. The lowest BCUT2D eigenvalue weighted by Crippen LogP contribution is -2.40. The molecular formula is C13H24ClNO. The van der Waals surface area contributed by atoms with Crippen LogP contribution in [0, 0.1) is 11.8 Å². The Balaban J connectivity index is 2.28. The van der Waals surface area contributed by atoms with Gasteiger partial charge in [-0.15, -0.1) is 11.6 Å². The normalized spacial score (nSPS) is 19.8. The second-order valence-corrected chi connectivity index (χ2v) is 5.59. The van der Waals surface area contributed by atoms with Gasteiger partial charge in [-0.1, -0.05) is 33.1 Å². The standard InChI is InChI=1S/C13H24ClNO/c1-10(2)12(9-14)15-13(16)8-11-6-4-3-5-7-11/h10-12H,3-9H2,1-2H3,(H,15,16). The van der Waals surface area contributed by atoms with Gasteiger partial charge in [0.25, 0.3) is 0 Å². The highest BCUT2D eigenvalue weighted by atomic mass is 35.5. The Kier molecular flexibility index (Phi) is 6.18. The predicted octanol–water partition coefficient (Wildman–Crippen LogP) is 3.34. The molecule has 1 atom stereocenters. The fourth-order valence-electron chi connectivity index (χ4n) is 2.30. The molecule has 0 aliphatic heterocycles. The van der Waals surface area contributed by atoms with Gasteiger partial charge in [0.2, 0.25) is 5.91 Å². The number of carbonyl (C=O) groups excluding carboxylic acids is 1. The van der Waals surface area contributed by atoms with Crippen molar-refractivity contribution in [3.05, 3.63) is 0 Å². The molecule has 0 heterocycles. The predicted molar refractivity (Wildman–Crippen MR) is 68.7 cm³/mol.